The van der Waals surface area contributed by atoms with E-state index in [1.54, 1.807) is 25.1 Å². The van der Waals surface area contributed by atoms with Crippen molar-refractivity contribution in [2.45, 2.75) is 6.92 Å². The van der Waals surface area contributed by atoms with Crippen molar-refractivity contribution in [3.63, 3.8) is 0 Å². The molecule has 0 atom stereocenters. The molecule has 5 heteroatoms. The van der Waals surface area contributed by atoms with Gasteiger partial charge < -0.3 is 10.1 Å². The van der Waals surface area contributed by atoms with Crippen LogP contribution in [0.4, 0.5) is 10.1 Å². The van der Waals surface area contributed by atoms with E-state index in [0.29, 0.717) is 16.8 Å². The van der Waals surface area contributed by atoms with Crippen molar-refractivity contribution < 1.29 is 18.7 Å². The number of nitrogens with one attached hydrogen (secondary N) is 1. The predicted octanol–water partition coefficient (Wildman–Crippen LogP) is 3.17. The molecule has 0 heterocycles. The second-order valence-electron chi connectivity index (χ2n) is 4.49. The lowest BCUT2D eigenvalue weighted by atomic mass is 10.1. The maximum Gasteiger partial charge on any atom is 0.337 e. The number of hydrogen-bond acceptors (Lipinski definition) is 3. The summed E-state index contributed by atoms with van der Waals surface area (Å²) >= 11 is 0. The van der Waals surface area contributed by atoms with Gasteiger partial charge in [-0.2, -0.15) is 0 Å². The fourth-order valence-electron chi connectivity index (χ4n) is 1.87. The number of esters is 1. The molecule has 2 rings (SSSR count). The topological polar surface area (TPSA) is 55.4 Å². The van der Waals surface area contributed by atoms with Gasteiger partial charge in [-0.15, -0.1) is 0 Å². The SMILES string of the molecule is COC(=O)c1ccc(NC(=O)c2cccc(F)c2)c(C)c1. The lowest BCUT2D eigenvalue weighted by Gasteiger charge is -2.10. The summed E-state index contributed by atoms with van der Waals surface area (Å²) in [4.78, 5) is 23.4. The number of amides is 1. The second kappa shape index (κ2) is 6.17. The summed E-state index contributed by atoms with van der Waals surface area (Å²) in [5.74, 6) is -1.33. The quantitative estimate of drug-likeness (QED) is 0.882. The third-order valence-electron chi connectivity index (χ3n) is 2.98. The van der Waals surface area contributed by atoms with Gasteiger partial charge in [0.1, 0.15) is 5.82 Å². The first-order valence-corrected chi connectivity index (χ1v) is 6.27. The Morgan fingerprint density at radius 2 is 1.86 bits per heavy atom. The smallest absolute Gasteiger partial charge is 0.337 e. The fourth-order valence-corrected chi connectivity index (χ4v) is 1.87. The Morgan fingerprint density at radius 1 is 1.10 bits per heavy atom. The highest BCUT2D eigenvalue weighted by Gasteiger charge is 2.11. The monoisotopic (exact) mass is 287 g/mol. The van der Waals surface area contributed by atoms with Gasteiger partial charge in [-0.1, -0.05) is 6.07 Å². The Kier molecular flexibility index (Phi) is 4.33. The maximum atomic E-state index is 13.1. The first kappa shape index (κ1) is 14.7. The van der Waals surface area contributed by atoms with E-state index in [1.807, 2.05) is 0 Å². The lowest BCUT2D eigenvalue weighted by Crippen LogP contribution is -2.13. The van der Waals surface area contributed by atoms with Crippen LogP contribution in [0.1, 0.15) is 26.3 Å². The van der Waals surface area contributed by atoms with Gasteiger partial charge in [0.25, 0.3) is 5.91 Å². The van der Waals surface area contributed by atoms with Crippen LogP contribution in [0.15, 0.2) is 42.5 Å². The number of carbonyl (C=O) groups is 2. The van der Waals surface area contributed by atoms with Gasteiger partial charge in [-0.05, 0) is 48.9 Å². The molecule has 1 N–H and O–H groups in total. The molecule has 2 aromatic carbocycles. The van der Waals surface area contributed by atoms with Crippen LogP contribution in [-0.2, 0) is 4.74 Å². The summed E-state index contributed by atoms with van der Waals surface area (Å²) in [6.45, 7) is 1.76. The number of rotatable bonds is 3. The first-order chi connectivity index (χ1) is 10.0. The van der Waals surface area contributed by atoms with Crippen molar-refractivity contribution in [3.8, 4) is 0 Å². The largest absolute Gasteiger partial charge is 0.465 e. The van der Waals surface area contributed by atoms with Crippen LogP contribution in [0, 0.1) is 12.7 Å². The molecule has 0 aromatic heterocycles. The summed E-state index contributed by atoms with van der Waals surface area (Å²) in [6, 6.07) is 10.2. The molecule has 0 fully saturated rings. The summed E-state index contributed by atoms with van der Waals surface area (Å²) in [6.07, 6.45) is 0. The number of methoxy groups -OCH3 is 1. The van der Waals surface area contributed by atoms with Crippen LogP contribution < -0.4 is 5.32 Å². The van der Waals surface area contributed by atoms with Crippen molar-refractivity contribution in [2.75, 3.05) is 12.4 Å². The van der Waals surface area contributed by atoms with E-state index in [0.717, 1.165) is 6.07 Å². The van der Waals surface area contributed by atoms with Gasteiger partial charge in [-0.25, -0.2) is 9.18 Å². The average Bonchev–Trinajstić information content (AvgIpc) is 2.48. The molecule has 0 radical (unpaired) electrons. The maximum absolute atomic E-state index is 13.1. The predicted molar refractivity (Wildman–Crippen MR) is 76.9 cm³/mol. The molecule has 2 aromatic rings. The molecular weight excluding hydrogens is 273 g/mol. The Hall–Kier alpha value is -2.69. The van der Waals surface area contributed by atoms with Crippen LogP contribution in [0.25, 0.3) is 0 Å². The standard InChI is InChI=1S/C16H14FNO3/c1-10-8-12(16(20)21-2)6-7-14(10)18-15(19)11-4-3-5-13(17)9-11/h3-9H,1-2H3,(H,18,19). The zero-order valence-electron chi connectivity index (χ0n) is 11.6. The molecule has 0 saturated heterocycles. The summed E-state index contributed by atoms with van der Waals surface area (Å²) in [5, 5.41) is 2.68. The van der Waals surface area contributed by atoms with E-state index in [4.69, 9.17) is 0 Å². The summed E-state index contributed by atoms with van der Waals surface area (Å²) in [7, 11) is 1.30. The summed E-state index contributed by atoms with van der Waals surface area (Å²) in [5.41, 5.74) is 1.89. The number of halogens is 1. The van der Waals surface area contributed by atoms with Crippen LogP contribution in [0.5, 0.6) is 0 Å². The van der Waals surface area contributed by atoms with E-state index in [-0.39, 0.29) is 5.56 Å². The third kappa shape index (κ3) is 3.45. The molecule has 1 amide bonds. The molecule has 0 unspecified atom stereocenters. The number of carbonyl (C=O) groups excluding carboxylic acids is 2. The summed E-state index contributed by atoms with van der Waals surface area (Å²) < 4.78 is 17.7. The molecule has 0 aliphatic rings. The van der Waals surface area contributed by atoms with Gasteiger partial charge in [0.15, 0.2) is 0 Å². The highest BCUT2D eigenvalue weighted by molar-refractivity contribution is 6.04. The highest BCUT2D eigenvalue weighted by Crippen LogP contribution is 2.18. The zero-order chi connectivity index (χ0) is 15.4. The van der Waals surface area contributed by atoms with Gasteiger partial charge in [0.2, 0.25) is 0 Å². The van der Waals surface area contributed by atoms with Crippen LogP contribution in [-0.4, -0.2) is 19.0 Å². The third-order valence-corrected chi connectivity index (χ3v) is 2.98. The Morgan fingerprint density at radius 3 is 2.48 bits per heavy atom. The lowest BCUT2D eigenvalue weighted by molar-refractivity contribution is 0.0600. The number of ether oxygens (including phenoxy) is 1. The van der Waals surface area contributed by atoms with Crippen molar-refractivity contribution in [2.24, 2.45) is 0 Å². The van der Waals surface area contributed by atoms with Gasteiger partial charge in [0.05, 0.1) is 12.7 Å². The van der Waals surface area contributed by atoms with Gasteiger partial charge in [-0.3, -0.25) is 4.79 Å². The van der Waals surface area contributed by atoms with E-state index in [9.17, 15) is 14.0 Å². The second-order valence-corrected chi connectivity index (χ2v) is 4.49. The average molecular weight is 287 g/mol. The molecule has 0 spiro atoms. The van der Waals surface area contributed by atoms with Crippen molar-refractivity contribution in [1.29, 1.82) is 0 Å². The molecule has 0 saturated carbocycles. The molecule has 0 bridgehead atoms. The minimum absolute atomic E-state index is 0.228. The zero-order valence-corrected chi connectivity index (χ0v) is 11.6. The number of anilines is 1. The van der Waals surface area contributed by atoms with Crippen molar-refractivity contribution >= 4 is 17.6 Å². The van der Waals surface area contributed by atoms with Gasteiger partial charge >= 0.3 is 5.97 Å². The molecule has 0 aliphatic heterocycles. The molecule has 21 heavy (non-hydrogen) atoms. The van der Waals surface area contributed by atoms with Crippen LogP contribution >= 0.6 is 0 Å². The first-order valence-electron chi connectivity index (χ1n) is 6.27. The minimum Gasteiger partial charge on any atom is -0.465 e. The number of benzene rings is 2. The Balaban J connectivity index is 2.20. The van der Waals surface area contributed by atoms with Crippen LogP contribution in [0.2, 0.25) is 0 Å². The Labute approximate surface area is 121 Å². The van der Waals surface area contributed by atoms with Gasteiger partial charge in [0, 0.05) is 11.3 Å². The van der Waals surface area contributed by atoms with Crippen molar-refractivity contribution in [3.05, 3.63) is 65.0 Å². The van der Waals surface area contributed by atoms with Crippen molar-refractivity contribution in [1.82, 2.24) is 0 Å². The fraction of sp³-hybridized carbons (Fsp3) is 0.125. The molecule has 0 aliphatic carbocycles. The molecule has 4 nitrogen and oxygen atoms in total. The number of aryl methyl sites for hydroxylation is 1. The molecule has 108 valence electrons. The van der Waals surface area contributed by atoms with E-state index >= 15 is 0 Å². The van der Waals surface area contributed by atoms with E-state index in [2.05, 4.69) is 10.1 Å². The molecular formula is C16H14FNO3. The normalized spacial score (nSPS) is 10.0. The van der Waals surface area contributed by atoms with E-state index < -0.39 is 17.7 Å². The minimum atomic E-state index is -0.472. The Bertz CT molecular complexity index is 698. The van der Waals surface area contributed by atoms with Crippen LogP contribution in [0.3, 0.4) is 0 Å². The van der Waals surface area contributed by atoms with E-state index in [1.165, 1.54) is 25.3 Å². The number of hydrogen-bond donors (Lipinski definition) is 1. The highest BCUT2D eigenvalue weighted by atomic mass is 19.1.